The van der Waals surface area contributed by atoms with Crippen molar-refractivity contribution in [2.24, 2.45) is 0 Å². The van der Waals surface area contributed by atoms with Gasteiger partial charge in [-0.15, -0.1) is 0 Å². The quantitative estimate of drug-likeness (QED) is 0.435. The summed E-state index contributed by atoms with van der Waals surface area (Å²) in [4.78, 5) is 15.1. The highest BCUT2D eigenvalue weighted by atomic mass is 35.5. The molecule has 0 saturated heterocycles. The monoisotopic (exact) mass is 371 g/mol. The largest absolute Gasteiger partial charge is 0.494 e. The van der Waals surface area contributed by atoms with Crippen LogP contribution in [0.2, 0.25) is 5.02 Å². The minimum atomic E-state index is 0.625. The minimum absolute atomic E-state index is 0.625. The maximum atomic E-state index is 10.4. The summed E-state index contributed by atoms with van der Waals surface area (Å²) in [6.45, 7) is 2.12. The van der Waals surface area contributed by atoms with Gasteiger partial charge in [-0.05, 0) is 49.2 Å². The Labute approximate surface area is 157 Å². The summed E-state index contributed by atoms with van der Waals surface area (Å²) in [6.07, 6.45) is 3.30. The van der Waals surface area contributed by atoms with E-state index in [1.807, 2.05) is 42.5 Å². The number of fused-ring (bicyclic) bond motifs is 1. The maximum Gasteiger partial charge on any atom is 0.207 e. The zero-order valence-corrected chi connectivity index (χ0v) is 15.3. The molecule has 0 aliphatic heterocycles. The van der Waals surface area contributed by atoms with Gasteiger partial charge in [0.15, 0.2) is 0 Å². The zero-order chi connectivity index (χ0) is 18.2. The van der Waals surface area contributed by atoms with Crippen molar-refractivity contribution in [3.05, 3.63) is 59.4 Å². The smallest absolute Gasteiger partial charge is 0.207 e. The van der Waals surface area contributed by atoms with E-state index in [2.05, 4.69) is 16.0 Å². The molecule has 0 radical (unpaired) electrons. The van der Waals surface area contributed by atoms with Gasteiger partial charge in [-0.1, -0.05) is 23.7 Å². The third-order valence-electron chi connectivity index (χ3n) is 4.15. The number of aryl methyl sites for hydroxylation is 2. The van der Waals surface area contributed by atoms with Crippen molar-refractivity contribution in [2.75, 3.05) is 13.2 Å². The number of halogens is 1. The van der Waals surface area contributed by atoms with E-state index in [-0.39, 0.29) is 0 Å². The zero-order valence-electron chi connectivity index (χ0n) is 14.5. The van der Waals surface area contributed by atoms with E-state index in [9.17, 15) is 4.79 Å². The number of hydrogen-bond acceptors (Lipinski definition) is 3. The molecule has 0 unspecified atom stereocenters. The lowest BCUT2D eigenvalue weighted by atomic mass is 10.3. The molecule has 0 saturated carbocycles. The van der Waals surface area contributed by atoms with Crippen molar-refractivity contribution in [1.82, 2.24) is 14.9 Å². The molecule has 1 amide bonds. The third kappa shape index (κ3) is 4.76. The summed E-state index contributed by atoms with van der Waals surface area (Å²) in [5.74, 6) is 1.87. The summed E-state index contributed by atoms with van der Waals surface area (Å²) < 4.78 is 8.03. The Kier molecular flexibility index (Phi) is 6.50. The van der Waals surface area contributed by atoms with E-state index in [0.29, 0.717) is 18.2 Å². The Morgan fingerprint density at radius 3 is 2.73 bits per heavy atom. The number of imidazole rings is 1. The highest BCUT2D eigenvalue weighted by Gasteiger charge is 2.10. The number of amides is 1. The molecule has 5 nitrogen and oxygen atoms in total. The molecule has 3 aromatic rings. The molecule has 1 aromatic heterocycles. The van der Waals surface area contributed by atoms with Gasteiger partial charge >= 0.3 is 0 Å². The fourth-order valence-electron chi connectivity index (χ4n) is 2.92. The van der Waals surface area contributed by atoms with Crippen LogP contribution >= 0.6 is 11.6 Å². The lowest BCUT2D eigenvalue weighted by molar-refractivity contribution is -0.109. The highest BCUT2D eigenvalue weighted by molar-refractivity contribution is 6.30. The van der Waals surface area contributed by atoms with Gasteiger partial charge in [0.1, 0.15) is 11.6 Å². The van der Waals surface area contributed by atoms with E-state index >= 15 is 0 Å². The molecule has 6 heteroatoms. The second kappa shape index (κ2) is 9.25. The normalized spacial score (nSPS) is 10.8. The first-order valence-corrected chi connectivity index (χ1v) is 9.15. The minimum Gasteiger partial charge on any atom is -0.494 e. The van der Waals surface area contributed by atoms with Crippen molar-refractivity contribution in [3.8, 4) is 5.75 Å². The van der Waals surface area contributed by atoms with Crippen LogP contribution in [0.1, 0.15) is 18.7 Å². The van der Waals surface area contributed by atoms with Crippen LogP contribution in [0.4, 0.5) is 0 Å². The predicted molar refractivity (Wildman–Crippen MR) is 104 cm³/mol. The van der Waals surface area contributed by atoms with Crippen LogP contribution in [0.25, 0.3) is 11.0 Å². The second-order valence-corrected chi connectivity index (χ2v) is 6.44. The maximum absolute atomic E-state index is 10.4. The van der Waals surface area contributed by atoms with Gasteiger partial charge in [-0.3, -0.25) is 4.79 Å². The van der Waals surface area contributed by atoms with Gasteiger partial charge in [0.25, 0.3) is 0 Å². The van der Waals surface area contributed by atoms with Crippen LogP contribution in [0.5, 0.6) is 5.75 Å². The third-order valence-corrected chi connectivity index (χ3v) is 4.40. The van der Waals surface area contributed by atoms with E-state index in [4.69, 9.17) is 21.3 Å². The molecule has 0 spiro atoms. The van der Waals surface area contributed by atoms with Crippen molar-refractivity contribution < 1.29 is 9.53 Å². The summed E-state index contributed by atoms with van der Waals surface area (Å²) in [5, 5.41) is 3.40. The van der Waals surface area contributed by atoms with Crippen LogP contribution in [-0.2, 0) is 17.8 Å². The molecule has 0 fully saturated rings. The number of carbonyl (C=O) groups is 1. The van der Waals surface area contributed by atoms with Gasteiger partial charge in [0, 0.05) is 24.5 Å². The Hall–Kier alpha value is -2.53. The van der Waals surface area contributed by atoms with Gasteiger partial charge in [-0.2, -0.15) is 0 Å². The number of carbonyl (C=O) groups excluding carboxylic acids is 1. The summed E-state index contributed by atoms with van der Waals surface area (Å²) in [5.41, 5.74) is 2.14. The highest BCUT2D eigenvalue weighted by Crippen LogP contribution is 2.19. The van der Waals surface area contributed by atoms with E-state index < -0.39 is 0 Å². The van der Waals surface area contributed by atoms with Crippen LogP contribution in [0.3, 0.4) is 0 Å². The molecular weight excluding hydrogens is 350 g/mol. The first kappa shape index (κ1) is 18.3. The number of ether oxygens (including phenoxy) is 1. The molecule has 0 aliphatic carbocycles. The number of benzene rings is 2. The first-order chi connectivity index (χ1) is 12.8. The standard InChI is InChI=1S/C20H22ClN3O2/c21-16-8-10-17(11-9-16)26-14-4-13-24-19-6-2-1-5-18(19)23-20(24)7-3-12-22-15-25/h1-2,5-6,8-11,15H,3-4,7,12-14H2,(H,22,25). The van der Waals surface area contributed by atoms with Gasteiger partial charge in [0.2, 0.25) is 6.41 Å². The van der Waals surface area contributed by atoms with Crippen molar-refractivity contribution in [1.29, 1.82) is 0 Å². The first-order valence-electron chi connectivity index (χ1n) is 8.77. The molecule has 0 bridgehead atoms. The van der Waals surface area contributed by atoms with Crippen molar-refractivity contribution in [3.63, 3.8) is 0 Å². The second-order valence-electron chi connectivity index (χ2n) is 6.00. The fraction of sp³-hybridized carbons (Fsp3) is 0.300. The Morgan fingerprint density at radius 1 is 1.12 bits per heavy atom. The molecule has 0 aliphatic rings. The van der Waals surface area contributed by atoms with Gasteiger partial charge in [0.05, 0.1) is 17.6 Å². The number of nitrogens with zero attached hydrogens (tertiary/aromatic N) is 2. The Morgan fingerprint density at radius 2 is 1.92 bits per heavy atom. The molecular formula is C20H22ClN3O2. The Balaban J connectivity index is 1.61. The lowest BCUT2D eigenvalue weighted by Gasteiger charge is -2.10. The lowest BCUT2D eigenvalue weighted by Crippen LogP contribution is -2.14. The molecule has 0 atom stereocenters. The Bertz CT molecular complexity index is 846. The van der Waals surface area contributed by atoms with E-state index in [0.717, 1.165) is 54.8 Å². The number of nitrogens with one attached hydrogen (secondary N) is 1. The van der Waals surface area contributed by atoms with Crippen molar-refractivity contribution in [2.45, 2.75) is 25.8 Å². The summed E-state index contributed by atoms with van der Waals surface area (Å²) in [6, 6.07) is 15.6. The van der Waals surface area contributed by atoms with Crippen molar-refractivity contribution >= 4 is 29.0 Å². The van der Waals surface area contributed by atoms with Crippen LogP contribution in [-0.4, -0.2) is 29.1 Å². The molecule has 1 heterocycles. The van der Waals surface area contributed by atoms with Crippen LogP contribution in [0.15, 0.2) is 48.5 Å². The molecule has 3 rings (SSSR count). The average Bonchev–Trinajstić information content (AvgIpc) is 3.01. The number of para-hydroxylation sites is 2. The van der Waals surface area contributed by atoms with Gasteiger partial charge in [-0.25, -0.2) is 4.98 Å². The number of rotatable bonds is 10. The molecule has 136 valence electrons. The molecule has 1 N–H and O–H groups in total. The van der Waals surface area contributed by atoms with Gasteiger partial charge < -0.3 is 14.6 Å². The average molecular weight is 372 g/mol. The van der Waals surface area contributed by atoms with E-state index in [1.165, 1.54) is 0 Å². The summed E-state index contributed by atoms with van der Waals surface area (Å²) >= 11 is 5.89. The van der Waals surface area contributed by atoms with Crippen LogP contribution < -0.4 is 10.1 Å². The SMILES string of the molecule is O=CNCCCc1nc2ccccc2n1CCCOc1ccc(Cl)cc1. The van der Waals surface area contributed by atoms with E-state index in [1.54, 1.807) is 0 Å². The fourth-order valence-corrected chi connectivity index (χ4v) is 3.04. The number of hydrogen-bond donors (Lipinski definition) is 1. The predicted octanol–water partition coefficient (Wildman–Crippen LogP) is 3.84. The topological polar surface area (TPSA) is 56.2 Å². The summed E-state index contributed by atoms with van der Waals surface area (Å²) in [7, 11) is 0. The van der Waals surface area contributed by atoms with Crippen LogP contribution in [0, 0.1) is 0 Å². The number of aromatic nitrogens is 2. The molecule has 26 heavy (non-hydrogen) atoms. The molecule has 2 aromatic carbocycles.